The van der Waals surface area contributed by atoms with E-state index < -0.39 is 23.8 Å². The summed E-state index contributed by atoms with van der Waals surface area (Å²) < 4.78 is 0. The molecule has 0 spiro atoms. The lowest BCUT2D eigenvalue weighted by atomic mass is 10.0. The summed E-state index contributed by atoms with van der Waals surface area (Å²) in [5, 5.41) is 5.68. The number of benzene rings is 1. The highest BCUT2D eigenvalue weighted by molar-refractivity contribution is 6.23. The Labute approximate surface area is 155 Å². The molecular formula is C19H20N4O4. The van der Waals surface area contributed by atoms with Crippen LogP contribution in [-0.4, -0.2) is 64.6 Å². The molecule has 1 aromatic carbocycles. The summed E-state index contributed by atoms with van der Waals surface area (Å²) in [4.78, 5) is 52.5. The van der Waals surface area contributed by atoms with E-state index in [1.807, 2.05) is 6.07 Å². The van der Waals surface area contributed by atoms with Gasteiger partial charge in [-0.15, -0.1) is 0 Å². The molecular weight excluding hydrogens is 348 g/mol. The molecule has 8 heteroatoms. The van der Waals surface area contributed by atoms with Gasteiger partial charge in [-0.1, -0.05) is 6.07 Å². The second-order valence-corrected chi connectivity index (χ2v) is 7.75. The monoisotopic (exact) mass is 368 g/mol. The lowest BCUT2D eigenvalue weighted by Gasteiger charge is -2.27. The van der Waals surface area contributed by atoms with E-state index in [-0.39, 0.29) is 18.7 Å². The molecule has 0 aliphatic carbocycles. The zero-order chi connectivity index (χ0) is 18.7. The number of carbonyl (C=O) groups excluding carboxylic acids is 4. The molecule has 2 bridgehead atoms. The summed E-state index contributed by atoms with van der Waals surface area (Å²) in [6.45, 7) is 2.74. The molecule has 3 fully saturated rings. The maximum absolute atomic E-state index is 12.9. The first kappa shape index (κ1) is 16.6. The summed E-state index contributed by atoms with van der Waals surface area (Å²) in [5.74, 6) is -1.86. The Morgan fingerprint density at radius 3 is 2.59 bits per heavy atom. The molecule has 4 aliphatic heterocycles. The van der Waals surface area contributed by atoms with Gasteiger partial charge in [0, 0.05) is 38.1 Å². The highest BCUT2D eigenvalue weighted by Crippen LogP contribution is 2.30. The van der Waals surface area contributed by atoms with E-state index in [1.54, 1.807) is 12.1 Å². The van der Waals surface area contributed by atoms with Crippen molar-refractivity contribution in [3.8, 4) is 0 Å². The van der Waals surface area contributed by atoms with Gasteiger partial charge in [-0.3, -0.25) is 34.3 Å². The third-order valence-corrected chi connectivity index (χ3v) is 6.06. The minimum Gasteiger partial charge on any atom is -0.311 e. The molecule has 3 atom stereocenters. The van der Waals surface area contributed by atoms with E-state index >= 15 is 0 Å². The number of imide groups is 2. The molecule has 3 saturated heterocycles. The van der Waals surface area contributed by atoms with Crippen LogP contribution < -0.4 is 10.6 Å². The van der Waals surface area contributed by atoms with Crippen LogP contribution in [0.25, 0.3) is 0 Å². The Morgan fingerprint density at radius 1 is 1.07 bits per heavy atom. The van der Waals surface area contributed by atoms with Gasteiger partial charge in [0.05, 0.1) is 11.1 Å². The van der Waals surface area contributed by atoms with Crippen LogP contribution in [0.4, 0.5) is 0 Å². The smallest absolute Gasteiger partial charge is 0.262 e. The minimum atomic E-state index is -0.918. The first-order chi connectivity index (χ1) is 13.0. The summed E-state index contributed by atoms with van der Waals surface area (Å²) in [5.41, 5.74) is 1.68. The van der Waals surface area contributed by atoms with Crippen molar-refractivity contribution >= 4 is 23.6 Å². The molecule has 0 radical (unpaired) electrons. The number of piperidine rings is 1. The van der Waals surface area contributed by atoms with Gasteiger partial charge >= 0.3 is 0 Å². The van der Waals surface area contributed by atoms with Crippen LogP contribution in [-0.2, 0) is 16.1 Å². The van der Waals surface area contributed by atoms with E-state index in [0.29, 0.717) is 23.2 Å². The van der Waals surface area contributed by atoms with Crippen molar-refractivity contribution in [2.24, 2.45) is 0 Å². The van der Waals surface area contributed by atoms with E-state index in [1.165, 1.54) is 0 Å². The third kappa shape index (κ3) is 2.59. The van der Waals surface area contributed by atoms with Gasteiger partial charge in [0.2, 0.25) is 11.8 Å². The average molecular weight is 368 g/mol. The van der Waals surface area contributed by atoms with Crippen molar-refractivity contribution in [3.63, 3.8) is 0 Å². The number of hydrogen-bond donors (Lipinski definition) is 2. The molecule has 4 aliphatic rings. The maximum atomic E-state index is 12.9. The van der Waals surface area contributed by atoms with Crippen molar-refractivity contribution < 1.29 is 19.2 Å². The van der Waals surface area contributed by atoms with Gasteiger partial charge < -0.3 is 5.32 Å². The second kappa shape index (κ2) is 5.97. The summed E-state index contributed by atoms with van der Waals surface area (Å²) >= 11 is 0. The molecule has 8 nitrogen and oxygen atoms in total. The zero-order valence-corrected chi connectivity index (χ0v) is 14.7. The van der Waals surface area contributed by atoms with Gasteiger partial charge in [0.15, 0.2) is 0 Å². The zero-order valence-electron chi connectivity index (χ0n) is 14.7. The predicted molar refractivity (Wildman–Crippen MR) is 93.7 cm³/mol. The fourth-order valence-corrected chi connectivity index (χ4v) is 4.69. The number of amides is 4. The van der Waals surface area contributed by atoms with Crippen LogP contribution in [0.3, 0.4) is 0 Å². The van der Waals surface area contributed by atoms with Gasteiger partial charge in [0.25, 0.3) is 11.8 Å². The van der Waals surface area contributed by atoms with E-state index in [4.69, 9.17) is 0 Å². The number of likely N-dealkylation sites (tertiary alicyclic amines) is 1. The predicted octanol–water partition coefficient (Wildman–Crippen LogP) is -0.366. The fourth-order valence-electron chi connectivity index (χ4n) is 4.69. The molecule has 140 valence electrons. The van der Waals surface area contributed by atoms with E-state index in [2.05, 4.69) is 15.5 Å². The van der Waals surface area contributed by atoms with Gasteiger partial charge in [-0.05, 0) is 30.5 Å². The van der Waals surface area contributed by atoms with Crippen molar-refractivity contribution in [1.82, 2.24) is 20.4 Å². The Balaban J connectivity index is 1.38. The molecule has 27 heavy (non-hydrogen) atoms. The van der Waals surface area contributed by atoms with E-state index in [0.717, 1.165) is 36.5 Å². The number of fused-ring (bicyclic) bond motifs is 3. The summed E-state index contributed by atoms with van der Waals surface area (Å²) in [6, 6.07) is 5.51. The number of piperazine rings is 1. The highest BCUT2D eigenvalue weighted by Gasteiger charge is 2.45. The largest absolute Gasteiger partial charge is 0.311 e. The molecule has 5 rings (SSSR count). The highest BCUT2D eigenvalue weighted by atomic mass is 16.2. The summed E-state index contributed by atoms with van der Waals surface area (Å²) in [7, 11) is 0. The Kier molecular flexibility index (Phi) is 3.66. The molecule has 0 saturated carbocycles. The second-order valence-electron chi connectivity index (χ2n) is 7.75. The van der Waals surface area contributed by atoms with Crippen LogP contribution >= 0.6 is 0 Å². The van der Waals surface area contributed by atoms with Crippen molar-refractivity contribution in [2.45, 2.75) is 43.9 Å². The first-order valence-corrected chi connectivity index (χ1v) is 9.33. The first-order valence-electron chi connectivity index (χ1n) is 9.33. The number of rotatable bonds is 3. The standard InChI is InChI=1S/C19H20N4O4/c24-16-4-3-15(17(25)21-16)23-18(26)13-2-1-10(5-14(13)19(23)27)8-22-9-11-6-12(22)7-20-11/h1-2,5,11-12,15,20H,3-4,6-9H2,(H,21,24,25)/t11-,12-,15?/m0/s1. The lowest BCUT2D eigenvalue weighted by Crippen LogP contribution is -2.54. The third-order valence-electron chi connectivity index (χ3n) is 6.06. The topological polar surface area (TPSA) is 98.8 Å². The minimum absolute atomic E-state index is 0.126. The molecule has 4 amide bonds. The Morgan fingerprint density at radius 2 is 1.89 bits per heavy atom. The quantitative estimate of drug-likeness (QED) is 0.707. The van der Waals surface area contributed by atoms with Crippen molar-refractivity contribution in [3.05, 3.63) is 34.9 Å². The maximum Gasteiger partial charge on any atom is 0.262 e. The van der Waals surface area contributed by atoms with Crippen LogP contribution in [0.1, 0.15) is 45.5 Å². The normalized spacial score (nSPS) is 30.2. The molecule has 0 aromatic heterocycles. The van der Waals surface area contributed by atoms with E-state index in [9.17, 15) is 19.2 Å². The SMILES string of the molecule is O=C1CCC(N2C(=O)c3ccc(CN4C[C@@H]5C[C@H]4CN5)cc3C2=O)C(=O)N1. The molecule has 1 aromatic rings. The average Bonchev–Trinajstić information content (AvgIpc) is 3.31. The van der Waals surface area contributed by atoms with Crippen molar-refractivity contribution in [1.29, 1.82) is 0 Å². The van der Waals surface area contributed by atoms with Crippen LogP contribution in [0.5, 0.6) is 0 Å². The van der Waals surface area contributed by atoms with Gasteiger partial charge in [0.1, 0.15) is 6.04 Å². The Hall–Kier alpha value is -2.58. The lowest BCUT2D eigenvalue weighted by molar-refractivity contribution is -0.136. The Bertz CT molecular complexity index is 882. The van der Waals surface area contributed by atoms with Crippen LogP contribution in [0.15, 0.2) is 18.2 Å². The summed E-state index contributed by atoms with van der Waals surface area (Å²) in [6.07, 6.45) is 1.46. The van der Waals surface area contributed by atoms with Gasteiger partial charge in [-0.2, -0.15) is 0 Å². The van der Waals surface area contributed by atoms with Gasteiger partial charge in [-0.25, -0.2) is 0 Å². The molecule has 2 N–H and O–H groups in total. The number of nitrogens with one attached hydrogen (secondary N) is 2. The van der Waals surface area contributed by atoms with Crippen LogP contribution in [0, 0.1) is 0 Å². The molecule has 4 heterocycles. The fraction of sp³-hybridized carbons (Fsp3) is 0.474. The van der Waals surface area contributed by atoms with Crippen molar-refractivity contribution in [2.75, 3.05) is 13.1 Å². The number of carbonyl (C=O) groups is 4. The van der Waals surface area contributed by atoms with Crippen LogP contribution in [0.2, 0.25) is 0 Å². The molecule has 1 unspecified atom stereocenters. The number of hydrogen-bond acceptors (Lipinski definition) is 6. The number of nitrogens with zero attached hydrogens (tertiary/aromatic N) is 2.